The van der Waals surface area contributed by atoms with E-state index < -0.39 is 0 Å². The van der Waals surface area contributed by atoms with Gasteiger partial charge in [-0.2, -0.15) is 5.10 Å². The normalized spacial score (nSPS) is 10.0. The number of hydrogen-bond donors (Lipinski definition) is 1. The van der Waals surface area contributed by atoms with Gasteiger partial charge in [0, 0.05) is 7.11 Å². The highest BCUT2D eigenvalue weighted by molar-refractivity contribution is 14.1. The van der Waals surface area contributed by atoms with Gasteiger partial charge in [0.1, 0.15) is 0 Å². The summed E-state index contributed by atoms with van der Waals surface area (Å²) in [6.45, 7) is 0.609. The minimum Gasteiger partial charge on any atom is -0.378 e. The fraction of sp³-hybridized carbons (Fsp3) is 0.400. The molecule has 0 fully saturated rings. The molecule has 1 aromatic rings. The molecular weight excluding hydrogens is 231 g/mol. The van der Waals surface area contributed by atoms with Crippen molar-refractivity contribution in [2.24, 2.45) is 0 Å². The van der Waals surface area contributed by atoms with Gasteiger partial charge in [-0.15, -0.1) is 0 Å². The average Bonchev–Trinajstić information content (AvgIpc) is 2.18. The van der Waals surface area contributed by atoms with Gasteiger partial charge < -0.3 is 4.74 Å². The van der Waals surface area contributed by atoms with Crippen LogP contribution in [0.25, 0.3) is 0 Å². The number of methoxy groups -OCH3 is 1. The molecule has 4 heteroatoms. The first-order valence-corrected chi connectivity index (χ1v) is 3.59. The summed E-state index contributed by atoms with van der Waals surface area (Å²) in [7, 11) is 1.66. The monoisotopic (exact) mass is 238 g/mol. The fourth-order valence-corrected chi connectivity index (χ4v) is 0.959. The third-order valence-corrected chi connectivity index (χ3v) is 1.88. The molecule has 1 heterocycles. The first-order chi connectivity index (χ1) is 4.34. The topological polar surface area (TPSA) is 37.9 Å². The molecule has 3 nitrogen and oxygen atoms in total. The summed E-state index contributed by atoms with van der Waals surface area (Å²) in [4.78, 5) is 0. The first kappa shape index (κ1) is 7.01. The Bertz CT molecular complexity index is 187. The molecule has 0 amide bonds. The summed E-state index contributed by atoms with van der Waals surface area (Å²) < 4.78 is 6.01. The standard InChI is InChI=1S/C5H7IN2O/c1-9-3-5-4(6)2-7-8-5/h2H,3H2,1H3,(H,7,8). The number of halogens is 1. The second-order valence-corrected chi connectivity index (χ2v) is 2.79. The lowest BCUT2D eigenvalue weighted by atomic mass is 10.5. The van der Waals surface area contributed by atoms with E-state index in [0.29, 0.717) is 6.61 Å². The maximum absolute atomic E-state index is 4.89. The zero-order valence-electron chi connectivity index (χ0n) is 5.02. The summed E-state index contributed by atoms with van der Waals surface area (Å²) in [5.74, 6) is 0. The van der Waals surface area contributed by atoms with Crippen LogP contribution in [0.2, 0.25) is 0 Å². The Kier molecular flexibility index (Phi) is 2.47. The largest absolute Gasteiger partial charge is 0.378 e. The number of aromatic amines is 1. The van der Waals surface area contributed by atoms with Gasteiger partial charge in [0.05, 0.1) is 22.1 Å². The van der Waals surface area contributed by atoms with Crippen molar-refractivity contribution < 1.29 is 4.74 Å². The number of nitrogens with one attached hydrogen (secondary N) is 1. The molecule has 0 unspecified atom stereocenters. The summed E-state index contributed by atoms with van der Waals surface area (Å²) in [6.07, 6.45) is 1.77. The lowest BCUT2D eigenvalue weighted by Crippen LogP contribution is -1.89. The molecule has 1 rings (SSSR count). The van der Waals surface area contributed by atoms with Crippen LogP contribution in [-0.4, -0.2) is 17.3 Å². The van der Waals surface area contributed by atoms with Crippen molar-refractivity contribution in [1.82, 2.24) is 10.2 Å². The van der Waals surface area contributed by atoms with Crippen molar-refractivity contribution in [2.45, 2.75) is 6.61 Å². The molecule has 0 saturated heterocycles. The van der Waals surface area contributed by atoms with Crippen molar-refractivity contribution in [3.05, 3.63) is 15.5 Å². The van der Waals surface area contributed by atoms with Gasteiger partial charge in [0.25, 0.3) is 0 Å². The number of hydrogen-bond acceptors (Lipinski definition) is 2. The van der Waals surface area contributed by atoms with Gasteiger partial charge in [0.15, 0.2) is 0 Å². The molecule has 0 saturated carbocycles. The van der Waals surface area contributed by atoms with E-state index in [0.717, 1.165) is 9.26 Å². The maximum Gasteiger partial charge on any atom is 0.0889 e. The minimum atomic E-state index is 0.609. The summed E-state index contributed by atoms with van der Waals surface area (Å²) in [6, 6.07) is 0. The van der Waals surface area contributed by atoms with Gasteiger partial charge in [-0.3, -0.25) is 5.10 Å². The zero-order valence-corrected chi connectivity index (χ0v) is 7.18. The molecule has 1 aromatic heterocycles. The average molecular weight is 238 g/mol. The molecule has 0 aliphatic carbocycles. The molecule has 0 spiro atoms. The Morgan fingerprint density at radius 1 is 1.89 bits per heavy atom. The van der Waals surface area contributed by atoms with E-state index in [2.05, 4.69) is 32.8 Å². The van der Waals surface area contributed by atoms with Gasteiger partial charge in [-0.1, -0.05) is 0 Å². The van der Waals surface area contributed by atoms with E-state index in [4.69, 9.17) is 4.74 Å². The molecule has 0 aromatic carbocycles. The SMILES string of the molecule is COCc1[nH]ncc1I. The van der Waals surface area contributed by atoms with Crippen molar-refractivity contribution in [1.29, 1.82) is 0 Å². The molecule has 50 valence electrons. The number of nitrogens with zero attached hydrogens (tertiary/aromatic N) is 1. The summed E-state index contributed by atoms with van der Waals surface area (Å²) in [5.41, 5.74) is 1.04. The smallest absolute Gasteiger partial charge is 0.0889 e. The summed E-state index contributed by atoms with van der Waals surface area (Å²) >= 11 is 2.21. The quantitative estimate of drug-likeness (QED) is 0.785. The van der Waals surface area contributed by atoms with Gasteiger partial charge in [-0.25, -0.2) is 0 Å². The molecule has 0 aliphatic rings. The molecule has 9 heavy (non-hydrogen) atoms. The molecule has 1 N–H and O–H groups in total. The molecule has 0 radical (unpaired) electrons. The van der Waals surface area contributed by atoms with E-state index >= 15 is 0 Å². The van der Waals surface area contributed by atoms with E-state index in [1.165, 1.54) is 0 Å². The number of rotatable bonds is 2. The highest BCUT2D eigenvalue weighted by atomic mass is 127. The van der Waals surface area contributed by atoms with E-state index in [-0.39, 0.29) is 0 Å². The highest BCUT2D eigenvalue weighted by Crippen LogP contribution is 2.07. The lowest BCUT2D eigenvalue weighted by molar-refractivity contribution is 0.181. The highest BCUT2D eigenvalue weighted by Gasteiger charge is 1.98. The number of aromatic nitrogens is 2. The lowest BCUT2D eigenvalue weighted by Gasteiger charge is -1.92. The number of H-pyrrole nitrogens is 1. The second-order valence-electron chi connectivity index (χ2n) is 1.63. The van der Waals surface area contributed by atoms with Crippen LogP contribution >= 0.6 is 22.6 Å². The first-order valence-electron chi connectivity index (χ1n) is 2.51. The predicted octanol–water partition coefficient (Wildman–Crippen LogP) is 1.16. The van der Waals surface area contributed by atoms with Crippen molar-refractivity contribution >= 4 is 22.6 Å². The van der Waals surface area contributed by atoms with Gasteiger partial charge in [0.2, 0.25) is 0 Å². The Hall–Kier alpha value is -0.100. The predicted molar refractivity (Wildman–Crippen MR) is 42.0 cm³/mol. The second kappa shape index (κ2) is 3.17. The van der Waals surface area contributed by atoms with Crippen molar-refractivity contribution in [3.8, 4) is 0 Å². The Morgan fingerprint density at radius 2 is 2.67 bits per heavy atom. The Labute approximate surface area is 66.9 Å². The van der Waals surface area contributed by atoms with Crippen LogP contribution in [-0.2, 0) is 11.3 Å². The molecule has 0 bridgehead atoms. The van der Waals surface area contributed by atoms with Gasteiger partial charge >= 0.3 is 0 Å². The summed E-state index contributed by atoms with van der Waals surface area (Å²) in [5, 5.41) is 6.65. The van der Waals surface area contributed by atoms with Crippen LogP contribution in [0, 0.1) is 3.57 Å². The molecule has 0 aliphatic heterocycles. The Balaban J connectivity index is 2.69. The minimum absolute atomic E-state index is 0.609. The van der Waals surface area contributed by atoms with Crippen LogP contribution in [0.4, 0.5) is 0 Å². The zero-order chi connectivity index (χ0) is 6.69. The Morgan fingerprint density at radius 3 is 3.11 bits per heavy atom. The fourth-order valence-electron chi connectivity index (χ4n) is 0.544. The van der Waals surface area contributed by atoms with E-state index in [9.17, 15) is 0 Å². The van der Waals surface area contributed by atoms with E-state index in [1.807, 2.05) is 0 Å². The van der Waals surface area contributed by atoms with Crippen molar-refractivity contribution in [2.75, 3.05) is 7.11 Å². The van der Waals surface area contributed by atoms with Crippen molar-refractivity contribution in [3.63, 3.8) is 0 Å². The van der Waals surface area contributed by atoms with E-state index in [1.54, 1.807) is 13.3 Å². The van der Waals surface area contributed by atoms with Crippen LogP contribution < -0.4 is 0 Å². The molecular formula is C5H7IN2O. The molecule has 0 atom stereocenters. The van der Waals surface area contributed by atoms with Crippen LogP contribution in [0.5, 0.6) is 0 Å². The third-order valence-electron chi connectivity index (χ3n) is 0.954. The maximum atomic E-state index is 4.89. The number of ether oxygens (including phenoxy) is 1. The van der Waals surface area contributed by atoms with Crippen LogP contribution in [0.3, 0.4) is 0 Å². The van der Waals surface area contributed by atoms with Crippen LogP contribution in [0.15, 0.2) is 6.20 Å². The van der Waals surface area contributed by atoms with Crippen LogP contribution in [0.1, 0.15) is 5.69 Å². The third kappa shape index (κ3) is 1.65. The van der Waals surface area contributed by atoms with Gasteiger partial charge in [-0.05, 0) is 22.6 Å².